The fourth-order valence-corrected chi connectivity index (χ4v) is 2.58. The van der Waals surface area contributed by atoms with Crippen LogP contribution < -0.4 is 10.6 Å². The minimum absolute atomic E-state index is 0.0133. The summed E-state index contributed by atoms with van der Waals surface area (Å²) in [6.07, 6.45) is 0.317. The Kier molecular flexibility index (Phi) is 4.18. The molecule has 2 atom stereocenters. The SMILES string of the molecule is CC1CN(c2cc(C(=O)N(C)C)ccc2N)CC(C)O1. The fourth-order valence-electron chi connectivity index (χ4n) is 2.58. The number of rotatable bonds is 2. The molecule has 20 heavy (non-hydrogen) atoms. The molecule has 1 fully saturated rings. The van der Waals surface area contributed by atoms with Crippen molar-refractivity contribution in [3.63, 3.8) is 0 Å². The van der Waals surface area contributed by atoms with Crippen LogP contribution in [0.15, 0.2) is 18.2 Å². The number of carbonyl (C=O) groups is 1. The number of ether oxygens (including phenoxy) is 1. The standard InChI is InChI=1S/C15H23N3O2/c1-10-8-18(9-11(2)20-10)14-7-12(5-6-13(14)16)15(19)17(3)4/h5-7,10-11H,8-9,16H2,1-4H3. The molecular weight excluding hydrogens is 254 g/mol. The number of anilines is 2. The molecule has 2 unspecified atom stereocenters. The van der Waals surface area contributed by atoms with Crippen LogP contribution in [0.3, 0.4) is 0 Å². The highest BCUT2D eigenvalue weighted by Gasteiger charge is 2.24. The van der Waals surface area contributed by atoms with Gasteiger partial charge < -0.3 is 20.3 Å². The summed E-state index contributed by atoms with van der Waals surface area (Å²) in [5, 5.41) is 0. The number of hydrogen-bond donors (Lipinski definition) is 1. The molecule has 0 aliphatic carbocycles. The van der Waals surface area contributed by atoms with Crippen molar-refractivity contribution in [1.82, 2.24) is 4.90 Å². The van der Waals surface area contributed by atoms with Gasteiger partial charge in [-0.3, -0.25) is 4.79 Å². The lowest BCUT2D eigenvalue weighted by Gasteiger charge is -2.37. The van der Waals surface area contributed by atoms with Crippen molar-refractivity contribution in [2.24, 2.45) is 0 Å². The summed E-state index contributed by atoms with van der Waals surface area (Å²) in [5.74, 6) is -0.0133. The third-order valence-electron chi connectivity index (χ3n) is 3.44. The van der Waals surface area contributed by atoms with Crippen LogP contribution >= 0.6 is 0 Å². The number of nitrogens with zero attached hydrogens (tertiary/aromatic N) is 2. The molecule has 5 nitrogen and oxygen atoms in total. The van der Waals surface area contributed by atoms with Gasteiger partial charge in [-0.25, -0.2) is 0 Å². The van der Waals surface area contributed by atoms with Crippen LogP contribution in [0.25, 0.3) is 0 Å². The molecular formula is C15H23N3O2. The van der Waals surface area contributed by atoms with E-state index in [1.165, 1.54) is 0 Å². The van der Waals surface area contributed by atoms with Crippen molar-refractivity contribution in [3.8, 4) is 0 Å². The van der Waals surface area contributed by atoms with Gasteiger partial charge in [0, 0.05) is 32.7 Å². The highest BCUT2D eigenvalue weighted by molar-refractivity contribution is 5.96. The van der Waals surface area contributed by atoms with Gasteiger partial charge in [-0.1, -0.05) is 0 Å². The summed E-state index contributed by atoms with van der Waals surface area (Å²) in [5.41, 5.74) is 8.35. The predicted molar refractivity (Wildman–Crippen MR) is 81.1 cm³/mol. The molecule has 1 aromatic rings. The number of morpholine rings is 1. The zero-order valence-corrected chi connectivity index (χ0v) is 12.6. The molecule has 1 aliphatic heterocycles. The van der Waals surface area contributed by atoms with E-state index in [2.05, 4.69) is 4.90 Å². The maximum Gasteiger partial charge on any atom is 0.253 e. The summed E-state index contributed by atoms with van der Waals surface area (Å²) in [6, 6.07) is 5.45. The van der Waals surface area contributed by atoms with E-state index in [1.54, 1.807) is 31.1 Å². The minimum atomic E-state index is -0.0133. The largest absolute Gasteiger partial charge is 0.397 e. The monoisotopic (exact) mass is 277 g/mol. The van der Waals surface area contributed by atoms with Gasteiger partial charge in [-0.15, -0.1) is 0 Å². The van der Waals surface area contributed by atoms with Crippen LogP contribution in [0.2, 0.25) is 0 Å². The third-order valence-corrected chi connectivity index (χ3v) is 3.44. The van der Waals surface area contributed by atoms with E-state index < -0.39 is 0 Å². The Balaban J connectivity index is 2.31. The maximum atomic E-state index is 12.1. The first-order valence-corrected chi connectivity index (χ1v) is 6.90. The summed E-state index contributed by atoms with van der Waals surface area (Å²) < 4.78 is 5.74. The van der Waals surface area contributed by atoms with Gasteiger partial charge >= 0.3 is 0 Å². The Morgan fingerprint density at radius 2 is 1.90 bits per heavy atom. The van der Waals surface area contributed by atoms with E-state index in [9.17, 15) is 4.79 Å². The quantitative estimate of drug-likeness (QED) is 0.834. The average molecular weight is 277 g/mol. The van der Waals surface area contributed by atoms with Crippen LogP contribution in [0.5, 0.6) is 0 Å². The van der Waals surface area contributed by atoms with E-state index >= 15 is 0 Å². The zero-order chi connectivity index (χ0) is 14.9. The zero-order valence-electron chi connectivity index (χ0n) is 12.6. The summed E-state index contributed by atoms with van der Waals surface area (Å²) in [6.45, 7) is 5.67. The lowest BCUT2D eigenvalue weighted by atomic mass is 10.1. The lowest BCUT2D eigenvalue weighted by molar-refractivity contribution is -0.00517. The van der Waals surface area contributed by atoms with Crippen LogP contribution in [-0.4, -0.2) is 50.2 Å². The smallest absolute Gasteiger partial charge is 0.253 e. The number of hydrogen-bond acceptors (Lipinski definition) is 4. The molecule has 1 heterocycles. The van der Waals surface area contributed by atoms with Crippen molar-refractivity contribution in [2.45, 2.75) is 26.1 Å². The Labute approximate surface area is 120 Å². The number of benzene rings is 1. The van der Waals surface area contributed by atoms with Gasteiger partial charge in [0.25, 0.3) is 5.91 Å². The topological polar surface area (TPSA) is 58.8 Å². The molecule has 1 aliphatic rings. The molecule has 5 heteroatoms. The fraction of sp³-hybridized carbons (Fsp3) is 0.533. The molecule has 0 bridgehead atoms. The number of amides is 1. The Bertz CT molecular complexity index is 492. The van der Waals surface area contributed by atoms with Crippen LogP contribution in [0.1, 0.15) is 24.2 Å². The maximum absolute atomic E-state index is 12.1. The average Bonchev–Trinajstić information content (AvgIpc) is 2.37. The van der Waals surface area contributed by atoms with Crippen molar-refractivity contribution in [2.75, 3.05) is 37.8 Å². The highest BCUT2D eigenvalue weighted by Crippen LogP contribution is 2.28. The second-order valence-corrected chi connectivity index (χ2v) is 5.64. The third kappa shape index (κ3) is 3.04. The molecule has 2 N–H and O–H groups in total. The van der Waals surface area contributed by atoms with Gasteiger partial charge in [-0.05, 0) is 32.0 Å². The van der Waals surface area contributed by atoms with Gasteiger partial charge in [0.2, 0.25) is 0 Å². The van der Waals surface area contributed by atoms with E-state index in [-0.39, 0.29) is 18.1 Å². The minimum Gasteiger partial charge on any atom is -0.397 e. The molecule has 0 radical (unpaired) electrons. The molecule has 2 rings (SSSR count). The molecule has 1 amide bonds. The Hall–Kier alpha value is -1.75. The molecule has 1 saturated heterocycles. The highest BCUT2D eigenvalue weighted by atomic mass is 16.5. The summed E-state index contributed by atoms with van der Waals surface area (Å²) in [4.78, 5) is 15.8. The van der Waals surface area contributed by atoms with Gasteiger partial charge in [0.05, 0.1) is 23.6 Å². The van der Waals surface area contributed by atoms with Crippen LogP contribution in [0.4, 0.5) is 11.4 Å². The molecule has 0 saturated carbocycles. The molecule has 110 valence electrons. The number of nitrogens with two attached hydrogens (primary N) is 1. The van der Waals surface area contributed by atoms with Crippen molar-refractivity contribution >= 4 is 17.3 Å². The number of carbonyl (C=O) groups excluding carboxylic acids is 1. The molecule has 0 aromatic heterocycles. The van der Waals surface area contributed by atoms with Gasteiger partial charge in [0.1, 0.15) is 0 Å². The number of nitrogen functional groups attached to an aromatic ring is 1. The van der Waals surface area contributed by atoms with Crippen molar-refractivity contribution in [1.29, 1.82) is 0 Å². The van der Waals surface area contributed by atoms with Gasteiger partial charge in [-0.2, -0.15) is 0 Å². The first-order chi connectivity index (χ1) is 9.38. The van der Waals surface area contributed by atoms with E-state index in [0.29, 0.717) is 11.3 Å². The first-order valence-electron chi connectivity index (χ1n) is 6.90. The van der Waals surface area contributed by atoms with Crippen molar-refractivity contribution < 1.29 is 9.53 Å². The summed E-state index contributed by atoms with van der Waals surface area (Å²) in [7, 11) is 3.49. The van der Waals surface area contributed by atoms with Crippen LogP contribution in [0, 0.1) is 0 Å². The van der Waals surface area contributed by atoms with E-state index in [1.807, 2.05) is 19.9 Å². The van der Waals surface area contributed by atoms with Gasteiger partial charge in [0.15, 0.2) is 0 Å². The molecule has 1 aromatic carbocycles. The summed E-state index contributed by atoms with van der Waals surface area (Å²) >= 11 is 0. The lowest BCUT2D eigenvalue weighted by Crippen LogP contribution is -2.45. The Morgan fingerprint density at radius 1 is 1.30 bits per heavy atom. The molecule has 0 spiro atoms. The van der Waals surface area contributed by atoms with E-state index in [0.717, 1.165) is 18.8 Å². The predicted octanol–water partition coefficient (Wildman–Crippen LogP) is 1.58. The normalized spacial score (nSPS) is 22.7. The Morgan fingerprint density at radius 3 is 2.45 bits per heavy atom. The van der Waals surface area contributed by atoms with Crippen LogP contribution in [-0.2, 0) is 4.74 Å². The first kappa shape index (κ1) is 14.7. The van der Waals surface area contributed by atoms with Crippen molar-refractivity contribution in [3.05, 3.63) is 23.8 Å². The van der Waals surface area contributed by atoms with E-state index in [4.69, 9.17) is 10.5 Å². The second-order valence-electron chi connectivity index (χ2n) is 5.64. The second kappa shape index (κ2) is 5.71.